The number of hydrogen-bond acceptors (Lipinski definition) is 4. The van der Waals surface area contributed by atoms with E-state index in [1.165, 1.54) is 0 Å². The molecule has 4 nitrogen and oxygen atoms in total. The van der Waals surface area contributed by atoms with E-state index in [9.17, 15) is 4.39 Å². The third-order valence-corrected chi connectivity index (χ3v) is 2.54. The number of halogens is 1. The Bertz CT molecular complexity index is 372. The van der Waals surface area contributed by atoms with Crippen molar-refractivity contribution >= 4 is 0 Å². The van der Waals surface area contributed by atoms with Gasteiger partial charge in [0.25, 0.3) is 5.88 Å². The minimum absolute atomic E-state index is 0.0694. The monoisotopic (exact) mass is 270 g/mol. The Morgan fingerprint density at radius 2 is 2.16 bits per heavy atom. The van der Waals surface area contributed by atoms with E-state index >= 15 is 0 Å². The molecule has 1 aromatic rings. The van der Waals surface area contributed by atoms with Gasteiger partial charge in [-0.3, -0.25) is 0 Å². The van der Waals surface area contributed by atoms with Crippen molar-refractivity contribution in [3.05, 3.63) is 23.6 Å². The summed E-state index contributed by atoms with van der Waals surface area (Å²) < 4.78 is 24.3. The number of nitrogens with one attached hydrogen (secondary N) is 1. The van der Waals surface area contributed by atoms with Crippen molar-refractivity contribution in [1.82, 2.24) is 10.3 Å². The Morgan fingerprint density at radius 1 is 1.37 bits per heavy atom. The van der Waals surface area contributed by atoms with Crippen LogP contribution in [-0.2, 0) is 11.3 Å². The lowest BCUT2D eigenvalue weighted by molar-refractivity contribution is 0.168. The molecule has 0 spiro atoms. The summed E-state index contributed by atoms with van der Waals surface area (Å²) in [4.78, 5) is 3.91. The summed E-state index contributed by atoms with van der Waals surface area (Å²) >= 11 is 0. The topological polar surface area (TPSA) is 43.4 Å². The molecule has 0 amide bonds. The number of ether oxygens (including phenoxy) is 2. The first-order valence-corrected chi connectivity index (χ1v) is 6.61. The number of hydrogen-bond donors (Lipinski definition) is 1. The highest BCUT2D eigenvalue weighted by atomic mass is 19.1. The average Bonchev–Trinajstić information content (AvgIpc) is 2.38. The fourth-order valence-corrected chi connectivity index (χ4v) is 1.57. The van der Waals surface area contributed by atoms with E-state index in [1.54, 1.807) is 19.4 Å². The fourth-order valence-electron chi connectivity index (χ4n) is 1.57. The molecular weight excluding hydrogens is 247 g/mol. The molecule has 0 bridgehead atoms. The largest absolute Gasteiger partial charge is 0.475 e. The van der Waals surface area contributed by atoms with Crippen LogP contribution in [0.25, 0.3) is 0 Å². The van der Waals surface area contributed by atoms with Gasteiger partial charge in [-0.15, -0.1) is 0 Å². The first-order chi connectivity index (χ1) is 9.15. The van der Waals surface area contributed by atoms with Gasteiger partial charge in [0.15, 0.2) is 5.82 Å². The third kappa shape index (κ3) is 5.98. The molecule has 0 aliphatic carbocycles. The summed E-state index contributed by atoms with van der Waals surface area (Å²) in [5, 5.41) is 3.20. The molecule has 0 aliphatic rings. The van der Waals surface area contributed by atoms with E-state index in [0.717, 1.165) is 6.54 Å². The van der Waals surface area contributed by atoms with Crippen LogP contribution in [0.4, 0.5) is 4.39 Å². The van der Waals surface area contributed by atoms with Crippen LogP contribution in [-0.4, -0.2) is 31.9 Å². The van der Waals surface area contributed by atoms with E-state index in [-0.39, 0.29) is 11.7 Å². The van der Waals surface area contributed by atoms with Gasteiger partial charge in [0.05, 0.1) is 6.61 Å². The second-order valence-corrected chi connectivity index (χ2v) is 4.81. The lowest BCUT2D eigenvalue weighted by atomic mass is 10.2. The van der Waals surface area contributed by atoms with E-state index in [0.29, 0.717) is 37.7 Å². The normalized spacial score (nSPS) is 11.0. The van der Waals surface area contributed by atoms with Crippen LogP contribution in [0, 0.1) is 11.7 Å². The number of nitrogens with zero attached hydrogens (tertiary/aromatic N) is 1. The maximum Gasteiger partial charge on any atom is 0.250 e. The SMILES string of the molecule is COCCCOc1nccc(CNCC(C)C)c1F. The van der Waals surface area contributed by atoms with Gasteiger partial charge in [0, 0.05) is 38.4 Å². The number of rotatable bonds is 9. The molecule has 0 fully saturated rings. The quantitative estimate of drug-likeness (QED) is 0.700. The summed E-state index contributed by atoms with van der Waals surface area (Å²) in [5.41, 5.74) is 0.581. The van der Waals surface area contributed by atoms with Gasteiger partial charge in [-0.2, -0.15) is 0 Å². The summed E-state index contributed by atoms with van der Waals surface area (Å²) in [6.07, 6.45) is 2.29. The third-order valence-electron chi connectivity index (χ3n) is 2.54. The zero-order valence-corrected chi connectivity index (χ0v) is 11.9. The molecule has 5 heteroatoms. The Hall–Kier alpha value is -1.20. The van der Waals surface area contributed by atoms with Crippen molar-refractivity contribution in [2.75, 3.05) is 26.9 Å². The van der Waals surface area contributed by atoms with Gasteiger partial charge < -0.3 is 14.8 Å². The van der Waals surface area contributed by atoms with E-state index < -0.39 is 0 Å². The minimum atomic E-state index is -0.379. The number of pyridine rings is 1. The molecule has 0 aliphatic heterocycles. The molecule has 0 radical (unpaired) electrons. The zero-order chi connectivity index (χ0) is 14.1. The van der Waals surface area contributed by atoms with Crippen molar-refractivity contribution in [1.29, 1.82) is 0 Å². The van der Waals surface area contributed by atoms with Gasteiger partial charge >= 0.3 is 0 Å². The van der Waals surface area contributed by atoms with Crippen LogP contribution in [0.3, 0.4) is 0 Å². The van der Waals surface area contributed by atoms with Gasteiger partial charge in [-0.1, -0.05) is 13.8 Å². The smallest absolute Gasteiger partial charge is 0.250 e. The van der Waals surface area contributed by atoms with E-state index in [2.05, 4.69) is 24.1 Å². The summed E-state index contributed by atoms with van der Waals surface area (Å²) in [6.45, 7) is 6.56. The molecule has 1 rings (SSSR count). The average molecular weight is 270 g/mol. The Kier molecular flexibility index (Phi) is 7.36. The van der Waals surface area contributed by atoms with Gasteiger partial charge in [-0.25, -0.2) is 9.37 Å². The molecule has 0 saturated carbocycles. The maximum atomic E-state index is 14.0. The van der Waals surface area contributed by atoms with E-state index in [1.807, 2.05) is 0 Å². The fraction of sp³-hybridized carbons (Fsp3) is 0.643. The van der Waals surface area contributed by atoms with Crippen molar-refractivity contribution in [2.45, 2.75) is 26.8 Å². The van der Waals surface area contributed by atoms with Crippen molar-refractivity contribution in [2.24, 2.45) is 5.92 Å². The van der Waals surface area contributed by atoms with Gasteiger partial charge in [-0.05, 0) is 18.5 Å². The second-order valence-electron chi connectivity index (χ2n) is 4.81. The maximum absolute atomic E-state index is 14.0. The van der Waals surface area contributed by atoms with Crippen LogP contribution in [0.1, 0.15) is 25.8 Å². The Morgan fingerprint density at radius 3 is 2.84 bits per heavy atom. The molecule has 1 aromatic heterocycles. The van der Waals surface area contributed by atoms with Gasteiger partial charge in [0.2, 0.25) is 0 Å². The molecule has 0 unspecified atom stereocenters. The predicted molar refractivity (Wildman–Crippen MR) is 72.7 cm³/mol. The molecule has 19 heavy (non-hydrogen) atoms. The van der Waals surface area contributed by atoms with Crippen LogP contribution >= 0.6 is 0 Å². The molecule has 108 valence electrons. The highest BCUT2D eigenvalue weighted by Crippen LogP contribution is 2.17. The summed E-state index contributed by atoms with van der Waals surface area (Å²) in [6, 6.07) is 1.67. The van der Waals surface area contributed by atoms with Crippen molar-refractivity contribution in [3.63, 3.8) is 0 Å². The molecule has 1 N–H and O–H groups in total. The molecule has 0 aromatic carbocycles. The molecule has 0 saturated heterocycles. The molecular formula is C14H23FN2O2. The first kappa shape index (κ1) is 15.9. The Balaban J connectivity index is 2.49. The zero-order valence-electron chi connectivity index (χ0n) is 11.9. The highest BCUT2D eigenvalue weighted by molar-refractivity contribution is 5.23. The number of methoxy groups -OCH3 is 1. The standard InChI is InChI=1S/C14H23FN2O2/c1-11(2)9-16-10-12-5-6-17-14(13(12)15)19-8-4-7-18-3/h5-6,11,16H,4,7-10H2,1-3H3. The van der Waals surface area contributed by atoms with Crippen LogP contribution in [0.5, 0.6) is 5.88 Å². The Labute approximate surface area is 114 Å². The molecule has 0 atom stereocenters. The number of aromatic nitrogens is 1. The van der Waals surface area contributed by atoms with Crippen molar-refractivity contribution < 1.29 is 13.9 Å². The van der Waals surface area contributed by atoms with Crippen LogP contribution < -0.4 is 10.1 Å². The van der Waals surface area contributed by atoms with Gasteiger partial charge in [0.1, 0.15) is 0 Å². The van der Waals surface area contributed by atoms with Crippen molar-refractivity contribution in [3.8, 4) is 5.88 Å². The first-order valence-electron chi connectivity index (χ1n) is 6.61. The predicted octanol–water partition coefficient (Wildman–Crippen LogP) is 2.38. The molecule has 1 heterocycles. The second kappa shape index (κ2) is 8.82. The summed E-state index contributed by atoms with van der Waals surface area (Å²) in [7, 11) is 1.62. The van der Waals surface area contributed by atoms with Crippen LogP contribution in [0.15, 0.2) is 12.3 Å². The minimum Gasteiger partial charge on any atom is -0.475 e. The lowest BCUT2D eigenvalue weighted by Gasteiger charge is -2.11. The van der Waals surface area contributed by atoms with E-state index in [4.69, 9.17) is 9.47 Å². The lowest BCUT2D eigenvalue weighted by Crippen LogP contribution is -2.20. The summed E-state index contributed by atoms with van der Waals surface area (Å²) in [5.74, 6) is 0.228. The van der Waals surface area contributed by atoms with Crippen LogP contribution in [0.2, 0.25) is 0 Å². The highest BCUT2D eigenvalue weighted by Gasteiger charge is 2.10.